The van der Waals surface area contributed by atoms with Crippen LogP contribution in [0.25, 0.3) is 0 Å². The number of nitrogens with zero attached hydrogens (tertiary/aromatic N) is 1. The van der Waals surface area contributed by atoms with E-state index in [4.69, 9.17) is 0 Å². The van der Waals surface area contributed by atoms with Gasteiger partial charge >= 0.3 is 0 Å². The number of amides is 1. The van der Waals surface area contributed by atoms with Crippen LogP contribution in [-0.4, -0.2) is 53.3 Å². The van der Waals surface area contributed by atoms with Crippen molar-refractivity contribution in [3.05, 3.63) is 22.4 Å². The Balaban J connectivity index is 1.64. The van der Waals surface area contributed by atoms with Gasteiger partial charge in [0, 0.05) is 48.0 Å². The number of thiophene rings is 1. The molecule has 1 aromatic heterocycles. The largest absolute Gasteiger partial charge is 0.356 e. The van der Waals surface area contributed by atoms with Gasteiger partial charge in [0.2, 0.25) is 0 Å². The van der Waals surface area contributed by atoms with Crippen LogP contribution in [0.4, 0.5) is 0 Å². The van der Waals surface area contributed by atoms with Crippen LogP contribution in [0.3, 0.4) is 0 Å². The fraction of sp³-hybridized carbons (Fsp3) is 0.667. The van der Waals surface area contributed by atoms with Crippen molar-refractivity contribution in [2.75, 3.05) is 25.9 Å². The second-order valence-corrected chi connectivity index (χ2v) is 9.34. The van der Waals surface area contributed by atoms with Crippen molar-refractivity contribution in [3.8, 4) is 0 Å². The van der Waals surface area contributed by atoms with Crippen molar-refractivity contribution in [1.82, 2.24) is 16.0 Å². The average Bonchev–Trinajstić information content (AvgIpc) is 3.21. The molecule has 26 heavy (non-hydrogen) atoms. The SMILES string of the molecule is CCS(=O)C1CCCC(NC(=NC)NCCCNC(=O)c2cccs2)C1. The van der Waals surface area contributed by atoms with Gasteiger partial charge in [-0.05, 0) is 37.1 Å². The van der Waals surface area contributed by atoms with Crippen LogP contribution in [-0.2, 0) is 10.8 Å². The molecule has 2 rings (SSSR count). The summed E-state index contributed by atoms with van der Waals surface area (Å²) < 4.78 is 12.1. The normalized spacial score (nSPS) is 21.8. The van der Waals surface area contributed by atoms with Gasteiger partial charge in [0.25, 0.3) is 5.91 Å². The van der Waals surface area contributed by atoms with Crippen molar-refractivity contribution in [3.63, 3.8) is 0 Å². The van der Waals surface area contributed by atoms with E-state index in [1.54, 1.807) is 7.05 Å². The maximum absolute atomic E-state index is 12.1. The summed E-state index contributed by atoms with van der Waals surface area (Å²) in [7, 11) is 1.05. The minimum atomic E-state index is -0.716. The van der Waals surface area contributed by atoms with Crippen LogP contribution in [0.5, 0.6) is 0 Å². The third-order valence-corrected chi connectivity index (χ3v) is 7.13. The molecule has 0 saturated heterocycles. The Morgan fingerprint density at radius 1 is 1.35 bits per heavy atom. The van der Waals surface area contributed by atoms with Gasteiger partial charge in [-0.15, -0.1) is 11.3 Å². The standard InChI is InChI=1S/C18H30N4O2S2/c1-3-26(24)15-8-4-7-14(13-15)22-18(19-2)21-11-6-10-20-17(23)16-9-5-12-25-16/h5,9,12,14-15H,3-4,6-8,10-11,13H2,1-2H3,(H,20,23)(H2,19,21,22). The smallest absolute Gasteiger partial charge is 0.261 e. The molecule has 1 amide bonds. The molecule has 3 atom stereocenters. The second kappa shape index (κ2) is 11.3. The zero-order chi connectivity index (χ0) is 18.8. The summed E-state index contributed by atoms with van der Waals surface area (Å²) in [5.74, 6) is 1.50. The maximum Gasteiger partial charge on any atom is 0.261 e. The zero-order valence-electron chi connectivity index (χ0n) is 15.6. The van der Waals surface area contributed by atoms with Gasteiger partial charge in [0.15, 0.2) is 5.96 Å². The number of carbonyl (C=O) groups excluding carboxylic acids is 1. The van der Waals surface area contributed by atoms with Crippen molar-refractivity contribution in [2.45, 2.75) is 50.3 Å². The lowest BCUT2D eigenvalue weighted by Gasteiger charge is -2.30. The first-order chi connectivity index (χ1) is 12.6. The Bertz CT molecular complexity index is 604. The maximum atomic E-state index is 12.1. The van der Waals surface area contributed by atoms with Gasteiger partial charge < -0.3 is 16.0 Å². The number of carbonyl (C=O) groups is 1. The molecular formula is C18H30N4O2S2. The molecule has 1 fully saturated rings. The monoisotopic (exact) mass is 398 g/mol. The molecule has 0 radical (unpaired) electrons. The molecule has 146 valence electrons. The number of rotatable bonds is 8. The zero-order valence-corrected chi connectivity index (χ0v) is 17.3. The van der Waals surface area contributed by atoms with E-state index in [2.05, 4.69) is 20.9 Å². The number of nitrogens with one attached hydrogen (secondary N) is 3. The van der Waals surface area contributed by atoms with Gasteiger partial charge in [-0.3, -0.25) is 14.0 Å². The van der Waals surface area contributed by atoms with Crippen LogP contribution in [0.2, 0.25) is 0 Å². The summed E-state index contributed by atoms with van der Waals surface area (Å²) in [5.41, 5.74) is 0. The molecule has 0 bridgehead atoms. The number of guanidine groups is 1. The Morgan fingerprint density at radius 3 is 2.85 bits per heavy atom. The van der Waals surface area contributed by atoms with E-state index in [1.807, 2.05) is 24.4 Å². The van der Waals surface area contributed by atoms with Crippen molar-refractivity contribution >= 4 is 34.0 Å². The van der Waals surface area contributed by atoms with Crippen LogP contribution in [0.1, 0.15) is 48.7 Å². The van der Waals surface area contributed by atoms with E-state index in [0.717, 1.165) is 55.2 Å². The Hall–Kier alpha value is -1.41. The predicted molar refractivity (Wildman–Crippen MR) is 110 cm³/mol. The molecule has 8 heteroatoms. The first kappa shape index (κ1) is 20.9. The van der Waals surface area contributed by atoms with E-state index in [1.165, 1.54) is 11.3 Å². The third-order valence-electron chi connectivity index (χ3n) is 4.52. The van der Waals surface area contributed by atoms with Crippen LogP contribution in [0.15, 0.2) is 22.5 Å². The number of aliphatic imine (C=N–C) groups is 1. The van der Waals surface area contributed by atoms with Crippen molar-refractivity contribution < 1.29 is 9.00 Å². The summed E-state index contributed by atoms with van der Waals surface area (Å²) in [6.45, 7) is 3.36. The summed E-state index contributed by atoms with van der Waals surface area (Å²) in [6.07, 6.45) is 5.03. The lowest BCUT2D eigenvalue weighted by molar-refractivity contribution is 0.0957. The summed E-state index contributed by atoms with van der Waals surface area (Å²) in [6, 6.07) is 4.03. The van der Waals surface area contributed by atoms with Gasteiger partial charge in [-0.2, -0.15) is 0 Å². The summed E-state index contributed by atoms with van der Waals surface area (Å²) in [5, 5.41) is 11.9. The second-order valence-electron chi connectivity index (χ2n) is 6.39. The van der Waals surface area contributed by atoms with Crippen LogP contribution in [0, 0.1) is 0 Å². The van der Waals surface area contributed by atoms with Gasteiger partial charge in [-0.25, -0.2) is 0 Å². The first-order valence-corrected chi connectivity index (χ1v) is 11.6. The first-order valence-electron chi connectivity index (χ1n) is 9.30. The highest BCUT2D eigenvalue weighted by Gasteiger charge is 2.25. The fourth-order valence-corrected chi connectivity index (χ4v) is 5.12. The number of hydrogen-bond acceptors (Lipinski definition) is 4. The molecule has 0 spiro atoms. The van der Waals surface area contributed by atoms with E-state index >= 15 is 0 Å². The van der Waals surface area contributed by atoms with Gasteiger partial charge in [-0.1, -0.05) is 19.4 Å². The quantitative estimate of drug-likeness (QED) is 0.356. The van der Waals surface area contributed by atoms with Gasteiger partial charge in [0.1, 0.15) is 0 Å². The van der Waals surface area contributed by atoms with E-state index in [0.29, 0.717) is 17.8 Å². The average molecular weight is 399 g/mol. The molecule has 1 heterocycles. The number of hydrogen-bond donors (Lipinski definition) is 3. The third kappa shape index (κ3) is 6.72. The van der Waals surface area contributed by atoms with Gasteiger partial charge in [0.05, 0.1) is 4.88 Å². The van der Waals surface area contributed by atoms with Crippen molar-refractivity contribution in [2.24, 2.45) is 4.99 Å². The molecule has 1 aliphatic carbocycles. The highest BCUT2D eigenvalue weighted by Crippen LogP contribution is 2.22. The van der Waals surface area contributed by atoms with E-state index < -0.39 is 10.8 Å². The Morgan fingerprint density at radius 2 is 2.15 bits per heavy atom. The minimum Gasteiger partial charge on any atom is -0.356 e. The molecule has 0 aromatic carbocycles. The summed E-state index contributed by atoms with van der Waals surface area (Å²) in [4.78, 5) is 16.9. The molecule has 1 aromatic rings. The molecule has 0 aliphatic heterocycles. The molecule has 3 unspecified atom stereocenters. The van der Waals surface area contributed by atoms with E-state index in [-0.39, 0.29) is 5.91 Å². The molecule has 6 nitrogen and oxygen atoms in total. The Labute approximate surface area is 162 Å². The predicted octanol–water partition coefficient (Wildman–Crippen LogP) is 2.11. The van der Waals surface area contributed by atoms with Crippen LogP contribution < -0.4 is 16.0 Å². The van der Waals surface area contributed by atoms with Crippen molar-refractivity contribution in [1.29, 1.82) is 0 Å². The highest BCUT2D eigenvalue weighted by atomic mass is 32.2. The lowest BCUT2D eigenvalue weighted by atomic mass is 9.95. The van der Waals surface area contributed by atoms with Crippen LogP contribution >= 0.6 is 11.3 Å². The minimum absolute atomic E-state index is 0.0142. The summed E-state index contributed by atoms with van der Waals surface area (Å²) >= 11 is 1.45. The fourth-order valence-electron chi connectivity index (χ4n) is 3.13. The van der Waals surface area contributed by atoms with E-state index in [9.17, 15) is 9.00 Å². The lowest BCUT2D eigenvalue weighted by Crippen LogP contribution is -2.47. The molecule has 1 aliphatic rings. The molecule has 1 saturated carbocycles. The highest BCUT2D eigenvalue weighted by molar-refractivity contribution is 7.85. The molecule has 3 N–H and O–H groups in total. The molecular weight excluding hydrogens is 368 g/mol. The Kier molecular flexibility index (Phi) is 9.11. The topological polar surface area (TPSA) is 82.6 Å².